The molecule has 2 atom stereocenters. The molecule has 0 spiro atoms. The number of amides is 2. The molecule has 0 rings (SSSR count). The average molecular weight is 768 g/mol. The summed E-state index contributed by atoms with van der Waals surface area (Å²) in [6, 6.07) is 0. The molecule has 0 aromatic heterocycles. The number of guanidine groups is 1. The Balaban J connectivity index is 0. The number of unbranched alkanes of at least 4 members (excludes halogenated alkanes) is 15. The fourth-order valence-electron chi connectivity index (χ4n) is 6.23. The molecule has 0 aromatic rings. The molecule has 318 valence electrons. The lowest BCUT2D eigenvalue weighted by molar-refractivity contribution is -0.150. The van der Waals surface area contributed by atoms with Crippen LogP contribution < -0.4 is 22.1 Å². The van der Waals surface area contributed by atoms with Crippen molar-refractivity contribution in [1.82, 2.24) is 10.6 Å². The van der Waals surface area contributed by atoms with E-state index in [1.54, 1.807) is 0 Å². The Morgan fingerprint density at radius 2 is 0.944 bits per heavy atom. The number of nitrogens with two attached hydrogens (primary N) is 2. The van der Waals surface area contributed by atoms with Gasteiger partial charge in [0.25, 0.3) is 0 Å². The molecule has 6 N–H and O–H groups in total. The molecular formula is C43H85N5O6. The van der Waals surface area contributed by atoms with E-state index in [9.17, 15) is 19.2 Å². The number of hydrogen-bond donors (Lipinski definition) is 4. The average Bonchev–Trinajstić information content (AvgIpc) is 3.15. The van der Waals surface area contributed by atoms with Crippen LogP contribution in [0.5, 0.6) is 0 Å². The van der Waals surface area contributed by atoms with Gasteiger partial charge in [0.2, 0.25) is 11.8 Å². The smallest absolute Gasteiger partial charge is 0.308 e. The van der Waals surface area contributed by atoms with Gasteiger partial charge < -0.3 is 31.6 Å². The van der Waals surface area contributed by atoms with Crippen molar-refractivity contribution in [2.24, 2.45) is 28.3 Å². The molecule has 0 saturated carbocycles. The van der Waals surface area contributed by atoms with Crippen LogP contribution in [0, 0.1) is 11.8 Å². The highest BCUT2D eigenvalue weighted by Gasteiger charge is 2.20. The Labute approximate surface area is 331 Å². The van der Waals surface area contributed by atoms with Crippen LogP contribution in [0.4, 0.5) is 0 Å². The van der Waals surface area contributed by atoms with Crippen molar-refractivity contribution in [3.8, 4) is 0 Å². The molecule has 0 bridgehead atoms. The molecule has 0 fully saturated rings. The number of nitrogens with one attached hydrogen (secondary N) is 2. The lowest BCUT2D eigenvalue weighted by atomic mass is 9.94. The minimum Gasteiger partial charge on any atom is -0.465 e. The van der Waals surface area contributed by atoms with Crippen LogP contribution in [-0.2, 0) is 28.7 Å². The van der Waals surface area contributed by atoms with Crippen LogP contribution in [-0.4, -0.2) is 62.6 Å². The van der Waals surface area contributed by atoms with Crippen molar-refractivity contribution in [2.75, 3.05) is 32.8 Å². The van der Waals surface area contributed by atoms with E-state index in [0.717, 1.165) is 103 Å². The molecule has 0 radical (unpaired) electrons. The van der Waals surface area contributed by atoms with E-state index in [0.29, 0.717) is 26.1 Å². The molecule has 2 amide bonds. The minimum atomic E-state index is -0.208. The van der Waals surface area contributed by atoms with Gasteiger partial charge in [-0.25, -0.2) is 0 Å². The van der Waals surface area contributed by atoms with Crippen molar-refractivity contribution in [2.45, 2.75) is 202 Å². The number of ether oxygens (including phenoxy) is 2. The Kier molecular flexibility index (Phi) is 40.7. The summed E-state index contributed by atoms with van der Waals surface area (Å²) in [7, 11) is 0. The van der Waals surface area contributed by atoms with Gasteiger partial charge in [-0.1, -0.05) is 143 Å². The highest BCUT2D eigenvalue weighted by molar-refractivity contribution is 5.84. The Hall–Kier alpha value is -2.85. The first kappa shape index (κ1) is 53.3. The third-order valence-corrected chi connectivity index (χ3v) is 9.49. The van der Waals surface area contributed by atoms with E-state index in [2.05, 4.69) is 43.3 Å². The molecule has 0 aromatic carbocycles. The zero-order valence-corrected chi connectivity index (χ0v) is 35.6. The summed E-state index contributed by atoms with van der Waals surface area (Å²) in [6.07, 6.45) is 26.9. The molecule has 0 aliphatic carbocycles. The van der Waals surface area contributed by atoms with E-state index in [1.807, 2.05) is 6.92 Å². The van der Waals surface area contributed by atoms with Crippen molar-refractivity contribution < 1.29 is 28.7 Å². The summed E-state index contributed by atoms with van der Waals surface area (Å²) < 4.78 is 11.1. The van der Waals surface area contributed by atoms with Crippen LogP contribution in [0.2, 0.25) is 0 Å². The van der Waals surface area contributed by atoms with Crippen LogP contribution in [0.25, 0.3) is 0 Å². The second-order valence-corrected chi connectivity index (χ2v) is 14.7. The zero-order chi connectivity index (χ0) is 40.5. The maximum Gasteiger partial charge on any atom is 0.308 e. The van der Waals surface area contributed by atoms with Gasteiger partial charge in [0.15, 0.2) is 5.96 Å². The Morgan fingerprint density at radius 1 is 0.500 bits per heavy atom. The van der Waals surface area contributed by atoms with Crippen LogP contribution in [0.3, 0.4) is 0 Å². The summed E-state index contributed by atoms with van der Waals surface area (Å²) in [5, 5.41) is 5.52. The van der Waals surface area contributed by atoms with E-state index >= 15 is 0 Å². The summed E-state index contributed by atoms with van der Waals surface area (Å²) in [5.74, 6) is -0.344. The molecular weight excluding hydrogens is 683 g/mol. The standard InChI is InChI=1S/C40H76N2O6.C3H9N3/c1-5-9-12-14-17-22-29-36(28-21-13-10-6-2)40(46)47-32-24-19-16-15-18-23-31-41-38(44)34-42-37(43)30-25-33-48-39(45)35(26-8-4)27-20-11-7-3;1-2-6-3(4)5/h35-36H,5-34H2,1-4H3,(H,41,44)(H,42,43);2H2,1H3,(H4,4,5,6). The first-order valence-corrected chi connectivity index (χ1v) is 22.1. The van der Waals surface area contributed by atoms with Crippen molar-refractivity contribution in [1.29, 1.82) is 0 Å². The number of esters is 2. The van der Waals surface area contributed by atoms with Crippen LogP contribution in [0.15, 0.2) is 4.99 Å². The second-order valence-electron chi connectivity index (χ2n) is 14.7. The highest BCUT2D eigenvalue weighted by atomic mass is 16.5. The quantitative estimate of drug-likeness (QED) is 0.0211. The van der Waals surface area contributed by atoms with Crippen molar-refractivity contribution in [3.05, 3.63) is 0 Å². The lowest BCUT2D eigenvalue weighted by Crippen LogP contribution is -2.37. The number of rotatable bonds is 36. The summed E-state index contributed by atoms with van der Waals surface area (Å²) in [4.78, 5) is 52.9. The minimum absolute atomic E-state index is 0.0153. The molecule has 2 unspecified atom stereocenters. The first-order valence-electron chi connectivity index (χ1n) is 22.1. The van der Waals surface area contributed by atoms with Gasteiger partial charge in [-0.05, 0) is 51.9 Å². The van der Waals surface area contributed by atoms with Gasteiger partial charge in [0.05, 0.1) is 31.6 Å². The Morgan fingerprint density at radius 3 is 1.46 bits per heavy atom. The summed E-state index contributed by atoms with van der Waals surface area (Å²) in [6.45, 7) is 12.5. The van der Waals surface area contributed by atoms with Gasteiger partial charge in [0, 0.05) is 19.5 Å². The fraction of sp³-hybridized carbons (Fsp3) is 0.884. The topological polar surface area (TPSA) is 175 Å². The SMILES string of the molecule is CCCCCCCCC(CCCCCC)C(=O)OCCCCCCCCNC(=O)CNC(=O)CCCOC(=O)C(CCC)CCCCC.CCN=C(N)N. The number of nitrogens with zero attached hydrogens (tertiary/aromatic N) is 1. The predicted octanol–water partition coefficient (Wildman–Crippen LogP) is 9.04. The molecule has 0 heterocycles. The van der Waals surface area contributed by atoms with Gasteiger partial charge in [0.1, 0.15) is 0 Å². The summed E-state index contributed by atoms with van der Waals surface area (Å²) in [5.41, 5.74) is 9.86. The van der Waals surface area contributed by atoms with E-state index in [1.165, 1.54) is 51.4 Å². The molecule has 0 aliphatic rings. The zero-order valence-electron chi connectivity index (χ0n) is 35.6. The van der Waals surface area contributed by atoms with Gasteiger partial charge >= 0.3 is 11.9 Å². The Bertz CT molecular complexity index is 928. The number of hydrogen-bond acceptors (Lipinski definition) is 7. The normalized spacial score (nSPS) is 11.8. The van der Waals surface area contributed by atoms with E-state index < -0.39 is 0 Å². The second kappa shape index (κ2) is 41.3. The fourth-order valence-corrected chi connectivity index (χ4v) is 6.23. The monoisotopic (exact) mass is 768 g/mol. The molecule has 11 nitrogen and oxygen atoms in total. The lowest BCUT2D eigenvalue weighted by Gasteiger charge is -2.16. The number of aliphatic imine (C=N–C) groups is 1. The van der Waals surface area contributed by atoms with Crippen molar-refractivity contribution >= 4 is 29.7 Å². The van der Waals surface area contributed by atoms with Crippen LogP contribution in [0.1, 0.15) is 202 Å². The molecule has 0 saturated heterocycles. The van der Waals surface area contributed by atoms with Gasteiger partial charge in [-0.2, -0.15) is 0 Å². The molecule has 54 heavy (non-hydrogen) atoms. The van der Waals surface area contributed by atoms with Gasteiger partial charge in [-0.15, -0.1) is 0 Å². The first-order chi connectivity index (χ1) is 26.2. The predicted molar refractivity (Wildman–Crippen MR) is 224 cm³/mol. The van der Waals surface area contributed by atoms with E-state index in [4.69, 9.17) is 20.9 Å². The largest absolute Gasteiger partial charge is 0.465 e. The third-order valence-electron chi connectivity index (χ3n) is 9.49. The number of carbonyl (C=O) groups excluding carboxylic acids is 4. The summed E-state index contributed by atoms with van der Waals surface area (Å²) >= 11 is 0. The highest BCUT2D eigenvalue weighted by Crippen LogP contribution is 2.21. The third kappa shape index (κ3) is 37.5. The van der Waals surface area contributed by atoms with E-state index in [-0.39, 0.29) is 61.1 Å². The molecule has 0 aliphatic heterocycles. The van der Waals surface area contributed by atoms with Gasteiger partial charge in [-0.3, -0.25) is 24.2 Å². The van der Waals surface area contributed by atoms with Crippen molar-refractivity contribution in [3.63, 3.8) is 0 Å². The van der Waals surface area contributed by atoms with Crippen LogP contribution >= 0.6 is 0 Å². The maximum absolute atomic E-state index is 12.8. The molecule has 11 heteroatoms. The number of carbonyl (C=O) groups is 4. The maximum atomic E-state index is 12.8.